The van der Waals surface area contributed by atoms with Crippen LogP contribution in [0.15, 0.2) is 30.6 Å². The molecule has 6 heteroatoms. The van der Waals surface area contributed by atoms with Crippen molar-refractivity contribution in [3.63, 3.8) is 0 Å². The number of aromatic nitrogens is 4. The summed E-state index contributed by atoms with van der Waals surface area (Å²) in [7, 11) is 0. The highest BCUT2D eigenvalue weighted by molar-refractivity contribution is 6.16. The molecule has 20 heavy (non-hydrogen) atoms. The summed E-state index contributed by atoms with van der Waals surface area (Å²) in [4.78, 5) is 4.39. The predicted molar refractivity (Wildman–Crippen MR) is 76.2 cm³/mol. The molecule has 0 radical (unpaired) electrons. The van der Waals surface area contributed by atoms with E-state index >= 15 is 0 Å². The summed E-state index contributed by atoms with van der Waals surface area (Å²) in [5.41, 5.74) is 2.16. The van der Waals surface area contributed by atoms with Crippen molar-refractivity contribution < 1.29 is 4.39 Å². The van der Waals surface area contributed by atoms with E-state index in [0.29, 0.717) is 23.5 Å². The Morgan fingerprint density at radius 3 is 2.85 bits per heavy atom. The fourth-order valence-electron chi connectivity index (χ4n) is 2.29. The molecule has 0 aliphatic carbocycles. The maximum atomic E-state index is 13.6. The van der Waals surface area contributed by atoms with E-state index < -0.39 is 0 Å². The molecule has 0 spiro atoms. The van der Waals surface area contributed by atoms with E-state index in [2.05, 4.69) is 10.1 Å². The maximum Gasteiger partial charge on any atom is 0.128 e. The molecule has 0 fully saturated rings. The molecule has 0 bridgehead atoms. The van der Waals surface area contributed by atoms with Crippen molar-refractivity contribution in [1.29, 1.82) is 0 Å². The van der Waals surface area contributed by atoms with Gasteiger partial charge in [0.2, 0.25) is 0 Å². The van der Waals surface area contributed by atoms with E-state index in [1.54, 1.807) is 13.1 Å². The lowest BCUT2D eigenvalue weighted by atomic mass is 10.2. The summed E-state index contributed by atoms with van der Waals surface area (Å²) in [5, 5.41) is 4.17. The second kappa shape index (κ2) is 5.25. The van der Waals surface area contributed by atoms with Gasteiger partial charge in [-0.15, -0.1) is 11.6 Å². The van der Waals surface area contributed by atoms with Crippen molar-refractivity contribution in [1.82, 2.24) is 19.3 Å². The van der Waals surface area contributed by atoms with Crippen molar-refractivity contribution in [2.75, 3.05) is 0 Å². The number of imidazole rings is 1. The fraction of sp³-hybridized carbons (Fsp3) is 0.286. The first kappa shape index (κ1) is 13.1. The van der Waals surface area contributed by atoms with E-state index in [1.165, 1.54) is 6.07 Å². The molecular weight excluding hydrogens is 279 g/mol. The van der Waals surface area contributed by atoms with E-state index in [0.717, 1.165) is 17.9 Å². The molecular formula is C14H14ClFN4. The molecule has 0 aliphatic heterocycles. The monoisotopic (exact) mass is 292 g/mol. The van der Waals surface area contributed by atoms with Crippen molar-refractivity contribution in [2.45, 2.75) is 25.9 Å². The van der Waals surface area contributed by atoms with Gasteiger partial charge in [-0.05, 0) is 24.6 Å². The van der Waals surface area contributed by atoms with Crippen molar-refractivity contribution in [3.8, 4) is 0 Å². The molecule has 0 atom stereocenters. The largest absolute Gasteiger partial charge is 0.325 e. The third kappa shape index (κ3) is 2.29. The van der Waals surface area contributed by atoms with E-state index in [4.69, 9.17) is 11.6 Å². The highest BCUT2D eigenvalue weighted by Crippen LogP contribution is 2.21. The Kier molecular flexibility index (Phi) is 3.44. The average molecular weight is 293 g/mol. The number of alkyl halides is 1. The number of rotatable bonds is 4. The molecule has 2 heterocycles. The Morgan fingerprint density at radius 1 is 1.30 bits per heavy atom. The van der Waals surface area contributed by atoms with Crippen LogP contribution in [0.5, 0.6) is 0 Å². The molecule has 2 aromatic heterocycles. The number of nitrogens with zero attached hydrogens (tertiary/aromatic N) is 4. The van der Waals surface area contributed by atoms with Crippen LogP contribution in [0.1, 0.15) is 11.4 Å². The molecule has 1 aromatic carbocycles. The molecule has 0 N–H and O–H groups in total. The topological polar surface area (TPSA) is 35.6 Å². The van der Waals surface area contributed by atoms with Crippen LogP contribution < -0.4 is 0 Å². The Bertz CT molecular complexity index is 733. The zero-order valence-corrected chi connectivity index (χ0v) is 11.8. The molecule has 0 aliphatic rings. The molecule has 0 saturated carbocycles. The van der Waals surface area contributed by atoms with Crippen LogP contribution in [0.25, 0.3) is 11.0 Å². The number of hydrogen-bond donors (Lipinski definition) is 0. The second-order valence-corrected chi connectivity index (χ2v) is 4.94. The molecule has 0 amide bonds. The smallest absolute Gasteiger partial charge is 0.128 e. The van der Waals surface area contributed by atoms with Crippen LogP contribution in [0.3, 0.4) is 0 Å². The van der Waals surface area contributed by atoms with Crippen LogP contribution in [-0.2, 0) is 19.0 Å². The van der Waals surface area contributed by atoms with Gasteiger partial charge in [0.25, 0.3) is 0 Å². The molecule has 4 nitrogen and oxygen atoms in total. The first-order chi connectivity index (χ1) is 9.69. The van der Waals surface area contributed by atoms with Crippen LogP contribution in [-0.4, -0.2) is 19.3 Å². The Hall–Kier alpha value is -1.88. The first-order valence-electron chi connectivity index (χ1n) is 6.37. The van der Waals surface area contributed by atoms with Crippen LogP contribution in [0, 0.1) is 12.7 Å². The van der Waals surface area contributed by atoms with Gasteiger partial charge in [0.1, 0.15) is 11.6 Å². The van der Waals surface area contributed by atoms with Gasteiger partial charge in [0.05, 0.1) is 23.5 Å². The summed E-state index contributed by atoms with van der Waals surface area (Å²) in [6.45, 7) is 3.17. The van der Waals surface area contributed by atoms with Gasteiger partial charge in [0.15, 0.2) is 0 Å². The van der Waals surface area contributed by atoms with Crippen LogP contribution >= 0.6 is 11.6 Å². The lowest BCUT2D eigenvalue weighted by molar-refractivity contribution is 0.533. The van der Waals surface area contributed by atoms with Crippen molar-refractivity contribution in [2.24, 2.45) is 0 Å². The summed E-state index contributed by atoms with van der Waals surface area (Å²) in [6.07, 6.45) is 3.65. The third-order valence-electron chi connectivity index (χ3n) is 3.34. The van der Waals surface area contributed by atoms with Gasteiger partial charge in [-0.2, -0.15) is 5.10 Å². The lowest BCUT2D eigenvalue weighted by Crippen LogP contribution is -2.10. The van der Waals surface area contributed by atoms with E-state index in [9.17, 15) is 4.39 Å². The normalized spacial score (nSPS) is 11.3. The number of halogens is 2. The van der Waals surface area contributed by atoms with E-state index in [1.807, 2.05) is 27.6 Å². The van der Waals surface area contributed by atoms with Gasteiger partial charge in [0, 0.05) is 25.0 Å². The SMILES string of the molecule is Cc1cc2c(cc1F)nc(CCl)n2CCn1cccn1. The number of aryl methyl sites for hydroxylation is 3. The summed E-state index contributed by atoms with van der Waals surface area (Å²) >= 11 is 5.94. The second-order valence-electron chi connectivity index (χ2n) is 4.67. The number of fused-ring (bicyclic) bond motifs is 1. The standard InChI is InChI=1S/C14H14ClFN4/c1-10-7-13-12(8-11(10)16)18-14(9-15)20(13)6-5-19-4-2-3-17-19/h2-4,7-8H,5-6,9H2,1H3. The molecule has 0 saturated heterocycles. The maximum absolute atomic E-state index is 13.6. The first-order valence-corrected chi connectivity index (χ1v) is 6.91. The van der Waals surface area contributed by atoms with Gasteiger partial charge < -0.3 is 4.57 Å². The summed E-state index contributed by atoms with van der Waals surface area (Å²) < 4.78 is 17.5. The molecule has 3 aromatic rings. The predicted octanol–water partition coefficient (Wildman–Crippen LogP) is 3.12. The number of hydrogen-bond acceptors (Lipinski definition) is 2. The molecule has 104 valence electrons. The van der Waals surface area contributed by atoms with Gasteiger partial charge in [-0.25, -0.2) is 9.37 Å². The quantitative estimate of drug-likeness (QED) is 0.693. The fourth-order valence-corrected chi connectivity index (χ4v) is 2.49. The van der Waals surface area contributed by atoms with Crippen molar-refractivity contribution in [3.05, 3.63) is 47.8 Å². The highest BCUT2D eigenvalue weighted by atomic mass is 35.5. The summed E-state index contributed by atoms with van der Waals surface area (Å²) in [6, 6.07) is 5.16. The Balaban J connectivity index is 2.01. The van der Waals surface area contributed by atoms with Crippen molar-refractivity contribution >= 4 is 22.6 Å². The van der Waals surface area contributed by atoms with Crippen LogP contribution in [0.2, 0.25) is 0 Å². The van der Waals surface area contributed by atoms with Crippen LogP contribution in [0.4, 0.5) is 4.39 Å². The van der Waals surface area contributed by atoms with Gasteiger partial charge in [-0.3, -0.25) is 4.68 Å². The minimum absolute atomic E-state index is 0.240. The third-order valence-corrected chi connectivity index (χ3v) is 3.58. The molecule has 3 rings (SSSR count). The number of benzene rings is 1. The Labute approximate surface area is 120 Å². The zero-order chi connectivity index (χ0) is 14.1. The lowest BCUT2D eigenvalue weighted by Gasteiger charge is -2.08. The minimum atomic E-state index is -0.240. The highest BCUT2D eigenvalue weighted by Gasteiger charge is 2.12. The van der Waals surface area contributed by atoms with E-state index in [-0.39, 0.29) is 5.82 Å². The zero-order valence-electron chi connectivity index (χ0n) is 11.1. The van der Waals surface area contributed by atoms with Gasteiger partial charge >= 0.3 is 0 Å². The van der Waals surface area contributed by atoms with Gasteiger partial charge in [-0.1, -0.05) is 0 Å². The molecule has 0 unspecified atom stereocenters. The average Bonchev–Trinajstić information content (AvgIpc) is 3.05. The summed E-state index contributed by atoms with van der Waals surface area (Å²) in [5.74, 6) is 0.809. The Morgan fingerprint density at radius 2 is 2.15 bits per heavy atom. The minimum Gasteiger partial charge on any atom is -0.325 e.